The van der Waals surface area contributed by atoms with Gasteiger partial charge in [0.1, 0.15) is 0 Å². The van der Waals surface area contributed by atoms with Crippen molar-refractivity contribution in [1.82, 2.24) is 0 Å². The Bertz CT molecular complexity index is 447. The van der Waals surface area contributed by atoms with Crippen LogP contribution >= 0.6 is 0 Å². The molecule has 0 radical (unpaired) electrons. The van der Waals surface area contributed by atoms with Crippen LogP contribution in [0.1, 0.15) is 0 Å². The molecule has 11 heteroatoms. The fourth-order valence-electron chi connectivity index (χ4n) is 7.41. The molecule has 0 nitrogen and oxygen atoms in total. The summed E-state index contributed by atoms with van der Waals surface area (Å²) in [5.74, 6) is 0. The van der Waals surface area contributed by atoms with Gasteiger partial charge in [0.2, 0.25) is 0 Å². The van der Waals surface area contributed by atoms with Crippen molar-refractivity contribution in [3.05, 3.63) is 0 Å². The van der Waals surface area contributed by atoms with Gasteiger partial charge in [0.05, 0.1) is 0 Å². The molecular weight excluding hydrogens is 547 g/mol. The second-order valence-corrected chi connectivity index (χ2v) is 107. The maximum Gasteiger partial charge on any atom is 1.00 e. The predicted octanol–water partition coefficient (Wildman–Crippen LogP) is 1.09. The molecule has 29 heavy (non-hydrogen) atoms. The summed E-state index contributed by atoms with van der Waals surface area (Å²) in [5, 5.41) is 0. The molecule has 0 aliphatic rings. The van der Waals surface area contributed by atoms with Crippen LogP contribution in [0.15, 0.2) is 0 Å². The zero-order valence-corrected chi connectivity index (χ0v) is 39.7. The van der Waals surface area contributed by atoms with Gasteiger partial charge in [-0.3, -0.25) is 14.7 Å². The van der Waals surface area contributed by atoms with Crippen LogP contribution in [0.5, 0.6) is 0 Å². The third-order valence-electron chi connectivity index (χ3n) is 7.38. The van der Waals surface area contributed by atoms with Gasteiger partial charge in [-0.05, 0) is 7.11 Å². The van der Waals surface area contributed by atoms with Crippen LogP contribution in [0.3, 0.4) is 0 Å². The molecule has 0 atom stereocenters. The molecule has 0 saturated heterocycles. The summed E-state index contributed by atoms with van der Waals surface area (Å²) in [6.45, 7) is 50.8. The molecule has 0 spiro atoms. The summed E-state index contributed by atoms with van der Waals surface area (Å²) in [7, 11) is -8.13. The third kappa shape index (κ3) is 9.24. The van der Waals surface area contributed by atoms with Crippen LogP contribution in [0.4, 0.5) is 0 Å². The average molecular weight is 602 g/mol. The van der Waals surface area contributed by atoms with E-state index in [1.165, 1.54) is 0 Å². The minimum Gasteiger partial charge on any atom is -0.254 e. The third-order valence-corrected chi connectivity index (χ3v) is 183. The smallest absolute Gasteiger partial charge is 0.254 e. The summed E-state index contributed by atoms with van der Waals surface area (Å²) in [4.78, 5) is 0. The Balaban J connectivity index is -0.00000338. The summed E-state index contributed by atoms with van der Waals surface area (Å²) in [5.41, 5.74) is 0. The van der Waals surface area contributed by atoms with Crippen LogP contribution in [-0.2, 0) is 0 Å². The molecule has 0 heterocycles. The molecule has 0 fully saturated rings. The zero-order valence-electron chi connectivity index (χ0n) is 24.5. The minimum atomic E-state index is -1.22. The Morgan fingerprint density at radius 1 is 0.310 bits per heavy atom. The monoisotopic (exact) mass is 600 g/mol. The number of hydrogen-bond donors (Lipinski definition) is 0. The molecule has 0 aromatic heterocycles. The SMILES string of the molecule is C[Si](C)(C)[Si-]([Si](C)(C)C)[Si](C)(C)[Si](C)(C)[Si](C)(C)[Si-]([Si](C)(C)C)[Si](C)(C)C.[K+].[K+]. The van der Waals surface area contributed by atoms with E-state index >= 15 is 0 Å². The fourth-order valence-corrected chi connectivity index (χ4v) is 315. The first-order valence-electron chi connectivity index (χ1n) is 11.0. The van der Waals surface area contributed by atoms with Crippen molar-refractivity contribution >= 4 is 66.4 Å². The number of hydrogen-bond acceptors (Lipinski definition) is 0. The van der Waals surface area contributed by atoms with E-state index < -0.39 is 51.7 Å². The topological polar surface area (TPSA) is 0 Å². The molecule has 0 bridgehead atoms. The van der Waals surface area contributed by atoms with Gasteiger partial charge in [-0.1, -0.05) is 118 Å². The first-order valence-corrected chi connectivity index (χ1v) is 45.0. The van der Waals surface area contributed by atoms with E-state index in [0.29, 0.717) is 0 Å². The average Bonchev–Trinajstić information content (AvgIpc) is 2.16. The Morgan fingerprint density at radius 2 is 0.448 bits per heavy atom. The van der Waals surface area contributed by atoms with Crippen molar-refractivity contribution in [2.75, 3.05) is 0 Å². The van der Waals surface area contributed by atoms with Crippen LogP contribution in [0, 0.1) is 0 Å². The van der Waals surface area contributed by atoms with E-state index in [1.807, 2.05) is 0 Å². The van der Waals surface area contributed by atoms with Gasteiger partial charge in [0, 0.05) is 0 Å². The van der Waals surface area contributed by atoms with Gasteiger partial charge in [0.25, 0.3) is 0 Å². The summed E-state index contributed by atoms with van der Waals surface area (Å²) >= 11 is 0. The molecule has 0 aromatic carbocycles. The Hall–Kier alpha value is 5.22. The largest absolute Gasteiger partial charge is 1.00 e. The Kier molecular flexibility index (Phi) is 16.3. The standard InChI is InChI=1S/C18H54Si9.2K/c1-21(2,3)19(22(4,5)6)25(13,14)27(17,18)26(15,16)20(23(7,8)9)24(10,11)12;;/h1-18H3;;/q-2;2*+1. The Morgan fingerprint density at radius 3 is 0.552 bits per heavy atom. The van der Waals surface area contributed by atoms with Gasteiger partial charge in [-0.25, -0.2) is 0 Å². The quantitative estimate of drug-likeness (QED) is 0.366. The minimum absolute atomic E-state index is 0. The van der Waals surface area contributed by atoms with E-state index in [-0.39, 0.29) is 117 Å². The van der Waals surface area contributed by atoms with Crippen LogP contribution in [-0.4, -0.2) is 66.4 Å². The van der Waals surface area contributed by atoms with Gasteiger partial charge in [-0.2, -0.15) is 0 Å². The van der Waals surface area contributed by atoms with Crippen LogP contribution in [0.2, 0.25) is 118 Å². The maximum atomic E-state index is 2.96. The van der Waals surface area contributed by atoms with Crippen molar-refractivity contribution in [2.24, 2.45) is 0 Å². The van der Waals surface area contributed by atoms with Gasteiger partial charge < -0.3 is 0 Å². The molecule has 0 unspecified atom stereocenters. The molecule has 0 aromatic rings. The maximum absolute atomic E-state index is 2.96. The first-order chi connectivity index (χ1) is 11.2. The molecule has 164 valence electrons. The van der Waals surface area contributed by atoms with Crippen LogP contribution in [0.25, 0.3) is 0 Å². The van der Waals surface area contributed by atoms with Crippen molar-refractivity contribution in [2.45, 2.75) is 118 Å². The van der Waals surface area contributed by atoms with Crippen molar-refractivity contribution in [1.29, 1.82) is 0 Å². The Labute approximate surface area is 281 Å². The van der Waals surface area contributed by atoms with E-state index in [1.54, 1.807) is 0 Å². The zero-order chi connectivity index (χ0) is 22.7. The summed E-state index contributed by atoms with van der Waals surface area (Å²) in [6, 6.07) is 0. The van der Waals surface area contributed by atoms with Crippen molar-refractivity contribution < 1.29 is 103 Å². The second-order valence-electron chi connectivity index (χ2n) is 14.6. The number of rotatable bonds is 8. The molecule has 0 saturated carbocycles. The summed E-state index contributed by atoms with van der Waals surface area (Å²) in [6.07, 6.45) is 0. The first kappa shape index (κ1) is 38.7. The summed E-state index contributed by atoms with van der Waals surface area (Å²) < 4.78 is 0. The normalized spacial score (nSPS) is 15.3. The molecule has 0 amide bonds. The molecule has 0 aliphatic heterocycles. The molecular formula is C18H54K2Si9. The fraction of sp³-hybridized carbons (Fsp3) is 1.00. The second kappa shape index (κ2) is 12.2. The van der Waals surface area contributed by atoms with E-state index in [2.05, 4.69) is 118 Å². The predicted molar refractivity (Wildman–Crippen MR) is 157 cm³/mol. The van der Waals surface area contributed by atoms with Crippen molar-refractivity contribution in [3.63, 3.8) is 0 Å². The van der Waals surface area contributed by atoms with E-state index in [9.17, 15) is 0 Å². The van der Waals surface area contributed by atoms with Gasteiger partial charge >= 0.3 is 103 Å². The van der Waals surface area contributed by atoms with Gasteiger partial charge in [-0.15, -0.1) is 44.6 Å². The van der Waals surface area contributed by atoms with Crippen molar-refractivity contribution in [3.8, 4) is 0 Å². The van der Waals surface area contributed by atoms with E-state index in [4.69, 9.17) is 0 Å². The van der Waals surface area contributed by atoms with Crippen LogP contribution < -0.4 is 103 Å². The van der Waals surface area contributed by atoms with E-state index in [0.717, 1.165) is 0 Å². The van der Waals surface area contributed by atoms with Gasteiger partial charge in [0.15, 0.2) is 0 Å². The molecule has 0 rings (SSSR count). The molecule has 0 aliphatic carbocycles. The molecule has 0 N–H and O–H groups in total.